The summed E-state index contributed by atoms with van der Waals surface area (Å²) in [5.74, 6) is -0.619. The lowest BCUT2D eigenvalue weighted by Crippen LogP contribution is -2.01. The van der Waals surface area contributed by atoms with Gasteiger partial charge in [0.2, 0.25) is 0 Å². The summed E-state index contributed by atoms with van der Waals surface area (Å²) in [6.07, 6.45) is 3.11. The summed E-state index contributed by atoms with van der Waals surface area (Å²) < 4.78 is 69.2. The van der Waals surface area contributed by atoms with Crippen LogP contribution in [0.5, 0.6) is 11.5 Å². The summed E-state index contributed by atoms with van der Waals surface area (Å²) in [7, 11) is -9.70. The summed E-state index contributed by atoms with van der Waals surface area (Å²) >= 11 is 0. The van der Waals surface area contributed by atoms with Crippen molar-refractivity contribution in [1.82, 2.24) is 0 Å². The van der Waals surface area contributed by atoms with Crippen LogP contribution in [0.15, 0.2) is 109 Å². The average molecular weight is 752 g/mol. The number of nitrogens with zero attached hydrogens (tertiary/aromatic N) is 4. The Morgan fingerprint density at radius 1 is 0.566 bits per heavy atom. The molecule has 53 heavy (non-hydrogen) atoms. The highest BCUT2D eigenvalue weighted by Gasteiger charge is 2.23. The van der Waals surface area contributed by atoms with Gasteiger partial charge in [0.15, 0.2) is 11.5 Å². The molecule has 0 atom stereocenters. The maximum absolute atomic E-state index is 12.4. The van der Waals surface area contributed by atoms with Crippen LogP contribution in [-0.4, -0.2) is 36.2 Å². The highest BCUT2D eigenvalue weighted by atomic mass is 32.2. The molecule has 0 aromatic heterocycles. The fourth-order valence-corrected chi connectivity index (χ4v) is 7.32. The number of fused-ring (bicyclic) bond motifs is 2. The highest BCUT2D eigenvalue weighted by molar-refractivity contribution is 7.86. The minimum absolute atomic E-state index is 0.0424. The number of phenols is 2. The molecule has 0 heterocycles. The quantitative estimate of drug-likeness (QED) is 0.0431. The van der Waals surface area contributed by atoms with Gasteiger partial charge in [-0.2, -0.15) is 27.1 Å². The number of rotatable bonds is 8. The summed E-state index contributed by atoms with van der Waals surface area (Å²) in [6.45, 7) is 7.32. The van der Waals surface area contributed by atoms with E-state index >= 15 is 0 Å². The van der Waals surface area contributed by atoms with Crippen molar-refractivity contribution in [3.05, 3.63) is 112 Å². The molecule has 0 aliphatic heterocycles. The molecule has 6 aromatic carbocycles. The van der Waals surface area contributed by atoms with Crippen LogP contribution < -0.4 is 5.73 Å². The third-order valence-corrected chi connectivity index (χ3v) is 10.3. The average Bonchev–Trinajstić information content (AvgIpc) is 3.06. The largest absolute Gasteiger partial charge is 0.505 e. The Labute approximate surface area is 305 Å². The molecule has 13 nitrogen and oxygen atoms in total. The highest BCUT2D eigenvalue weighted by Crippen LogP contribution is 2.44. The van der Waals surface area contributed by atoms with Crippen molar-refractivity contribution in [2.75, 3.05) is 5.73 Å². The Morgan fingerprint density at radius 2 is 1.19 bits per heavy atom. The maximum atomic E-state index is 12.4. The van der Waals surface area contributed by atoms with E-state index in [1.165, 1.54) is 18.2 Å². The van der Waals surface area contributed by atoms with Crippen LogP contribution in [0.25, 0.3) is 33.7 Å². The second-order valence-electron chi connectivity index (χ2n) is 12.6. The van der Waals surface area contributed by atoms with Crippen molar-refractivity contribution in [3.63, 3.8) is 0 Å². The molecule has 0 bridgehead atoms. The Balaban J connectivity index is 1.30. The number of aromatic hydroxyl groups is 2. The van der Waals surface area contributed by atoms with Gasteiger partial charge in [-0.1, -0.05) is 48.0 Å². The molecular weight excluding hydrogens is 719 g/mol. The zero-order valence-corrected chi connectivity index (χ0v) is 30.4. The lowest BCUT2D eigenvalue weighted by molar-refractivity contribution is 0.472. The van der Waals surface area contributed by atoms with Gasteiger partial charge in [-0.05, 0) is 115 Å². The molecule has 6 rings (SSSR count). The predicted molar refractivity (Wildman–Crippen MR) is 204 cm³/mol. The molecule has 0 amide bonds. The molecule has 0 saturated heterocycles. The Hall–Kier alpha value is -6.00. The van der Waals surface area contributed by atoms with Crippen molar-refractivity contribution in [2.45, 2.75) is 37.5 Å². The standard InChI is InChI=1S/C38H33N5O8S2/c1-20-5-6-26-16-23(4)35(37(44)30(26)14-20)42-40-28-11-9-24(22(3)17-28)7-8-25-10-12-29(19-32(25)52(46,47)48)41-43-36-33(53(49,50)51)18-27-13-21(2)15-31(39)34(27)38(36)45/h5-19,44-45H,39H2,1-4H3,(H,46,47,48)(H,49,50,51)/b8-7+,42-40?,43-41?. The fraction of sp³-hybridized carbons (Fsp3) is 0.105. The second kappa shape index (κ2) is 13.9. The van der Waals surface area contributed by atoms with Crippen molar-refractivity contribution < 1.29 is 36.2 Å². The number of hydrogen-bond donors (Lipinski definition) is 5. The van der Waals surface area contributed by atoms with Crippen LogP contribution in [0.3, 0.4) is 0 Å². The van der Waals surface area contributed by atoms with Crippen molar-refractivity contribution >= 4 is 82.4 Å². The number of nitrogens with two attached hydrogens (primary N) is 1. The number of benzene rings is 6. The minimum atomic E-state index is -4.90. The van der Waals surface area contributed by atoms with E-state index < -0.39 is 41.5 Å². The van der Waals surface area contributed by atoms with Gasteiger partial charge in [0.25, 0.3) is 20.2 Å². The SMILES string of the molecule is Cc1cc(N)c2c(O)c(N=Nc3ccc(/C=C/c4ccc(N=Nc5c(C)cc6ccc(C)cc6c5O)cc4C)c(S(=O)(=O)O)c3)c(S(=O)(=O)O)cc2c1. The van der Waals surface area contributed by atoms with Crippen LogP contribution in [-0.2, 0) is 20.2 Å². The number of aryl methyl sites for hydroxylation is 4. The molecular formula is C38H33N5O8S2. The Morgan fingerprint density at radius 3 is 1.85 bits per heavy atom. The van der Waals surface area contributed by atoms with Gasteiger partial charge >= 0.3 is 0 Å². The molecule has 6 N–H and O–H groups in total. The van der Waals surface area contributed by atoms with Gasteiger partial charge in [0.05, 0.1) is 11.4 Å². The number of nitrogen functional groups attached to an aromatic ring is 1. The lowest BCUT2D eigenvalue weighted by atomic mass is 10.0. The third-order valence-electron chi connectivity index (χ3n) is 8.54. The fourth-order valence-electron chi connectivity index (χ4n) is 5.96. The molecule has 0 radical (unpaired) electrons. The minimum Gasteiger partial charge on any atom is -0.505 e. The molecule has 0 unspecified atom stereocenters. The van der Waals surface area contributed by atoms with Gasteiger partial charge in [-0.25, -0.2) is 0 Å². The van der Waals surface area contributed by atoms with Crippen LogP contribution in [0, 0.1) is 27.7 Å². The smallest absolute Gasteiger partial charge is 0.296 e. The van der Waals surface area contributed by atoms with E-state index in [0.29, 0.717) is 27.9 Å². The third kappa shape index (κ3) is 7.64. The van der Waals surface area contributed by atoms with Crippen LogP contribution in [0.1, 0.15) is 33.4 Å². The van der Waals surface area contributed by atoms with Crippen LogP contribution >= 0.6 is 0 Å². The molecule has 0 saturated carbocycles. The van der Waals surface area contributed by atoms with Crippen molar-refractivity contribution in [1.29, 1.82) is 0 Å². The lowest BCUT2D eigenvalue weighted by Gasteiger charge is -2.11. The van der Waals surface area contributed by atoms with Gasteiger partial charge in [-0.3, -0.25) is 9.11 Å². The topological polar surface area (TPSA) is 225 Å². The van der Waals surface area contributed by atoms with E-state index in [-0.39, 0.29) is 33.5 Å². The first kappa shape index (κ1) is 36.8. The summed E-state index contributed by atoms with van der Waals surface area (Å²) in [4.78, 5) is -1.27. The second-order valence-corrected chi connectivity index (χ2v) is 15.4. The maximum Gasteiger partial charge on any atom is 0.296 e. The van der Waals surface area contributed by atoms with Crippen molar-refractivity contribution in [3.8, 4) is 11.5 Å². The van der Waals surface area contributed by atoms with E-state index in [1.807, 2.05) is 45.0 Å². The van der Waals surface area contributed by atoms with E-state index in [9.17, 15) is 36.2 Å². The van der Waals surface area contributed by atoms with Gasteiger partial charge < -0.3 is 15.9 Å². The molecule has 0 fully saturated rings. The normalized spacial score (nSPS) is 12.6. The van der Waals surface area contributed by atoms with Crippen molar-refractivity contribution in [2.24, 2.45) is 20.5 Å². The molecule has 270 valence electrons. The first-order chi connectivity index (χ1) is 24.9. The number of hydrogen-bond acceptors (Lipinski definition) is 11. The molecule has 6 aromatic rings. The molecule has 0 aliphatic carbocycles. The van der Waals surface area contributed by atoms with Gasteiger partial charge in [0.1, 0.15) is 21.2 Å². The van der Waals surface area contributed by atoms with E-state index in [2.05, 4.69) is 20.5 Å². The van der Waals surface area contributed by atoms with E-state index in [0.717, 1.165) is 34.2 Å². The summed E-state index contributed by atoms with van der Waals surface area (Å²) in [5, 5.41) is 40.2. The van der Waals surface area contributed by atoms with E-state index in [1.54, 1.807) is 43.3 Å². The zero-order valence-electron chi connectivity index (χ0n) is 28.8. The van der Waals surface area contributed by atoms with Gasteiger partial charge in [-0.15, -0.1) is 10.2 Å². The molecule has 0 aliphatic rings. The number of phenolic OH excluding ortho intramolecular Hbond substituents is 2. The first-order valence-corrected chi connectivity index (χ1v) is 18.8. The molecule has 15 heteroatoms. The number of anilines is 1. The first-order valence-electron chi connectivity index (χ1n) is 15.9. The Kier molecular flexibility index (Phi) is 9.61. The predicted octanol–water partition coefficient (Wildman–Crippen LogP) is 9.71. The van der Waals surface area contributed by atoms with Crippen LogP contribution in [0.4, 0.5) is 28.4 Å². The van der Waals surface area contributed by atoms with Crippen LogP contribution in [0.2, 0.25) is 0 Å². The molecule has 0 spiro atoms. The van der Waals surface area contributed by atoms with E-state index in [4.69, 9.17) is 5.73 Å². The Bertz CT molecular complexity index is 2820. The number of azo groups is 2. The zero-order chi connectivity index (χ0) is 38.4. The summed E-state index contributed by atoms with van der Waals surface area (Å²) in [5.41, 5.74) is 10.3. The van der Waals surface area contributed by atoms with Gasteiger partial charge in [0, 0.05) is 16.5 Å². The summed E-state index contributed by atoms with van der Waals surface area (Å²) in [6, 6.07) is 20.9. The monoisotopic (exact) mass is 751 g/mol.